The summed E-state index contributed by atoms with van der Waals surface area (Å²) >= 11 is 0. The Morgan fingerprint density at radius 2 is 1.42 bits per heavy atom. The van der Waals surface area contributed by atoms with Gasteiger partial charge in [-0.2, -0.15) is 0 Å². The van der Waals surface area contributed by atoms with Crippen molar-refractivity contribution in [3.05, 3.63) is 12.2 Å². The molecule has 0 aliphatic carbocycles. The summed E-state index contributed by atoms with van der Waals surface area (Å²) in [7, 11) is 0. The lowest BCUT2D eigenvalue weighted by Gasteiger charge is -2.13. The fourth-order valence-corrected chi connectivity index (χ4v) is 2.62. The maximum absolute atomic E-state index is 11.8. The molecule has 0 heterocycles. The number of carbonyl (C=O) groups is 3. The van der Waals surface area contributed by atoms with Crippen molar-refractivity contribution in [2.45, 2.75) is 96.4 Å². The van der Waals surface area contributed by atoms with Crippen LogP contribution in [0.15, 0.2) is 12.2 Å². The molecule has 0 saturated carbocycles. The highest BCUT2D eigenvalue weighted by Gasteiger charge is 2.20. The molecule has 0 aromatic heterocycles. The molecule has 0 rings (SSSR count). The summed E-state index contributed by atoms with van der Waals surface area (Å²) in [4.78, 5) is 33.3. The van der Waals surface area contributed by atoms with Crippen LogP contribution >= 0.6 is 0 Å². The first-order valence-corrected chi connectivity index (χ1v) is 9.86. The van der Waals surface area contributed by atoms with Crippen LogP contribution in [0, 0.1) is 0 Å². The molecule has 0 fully saturated rings. The quantitative estimate of drug-likeness (QED) is 0.262. The van der Waals surface area contributed by atoms with E-state index in [1.54, 1.807) is 0 Å². The number of unbranched alkanes of at least 4 members (excludes halogenated alkanes) is 8. The van der Waals surface area contributed by atoms with Crippen LogP contribution in [0.3, 0.4) is 0 Å². The molecule has 1 atom stereocenters. The molecule has 6 heteroatoms. The van der Waals surface area contributed by atoms with E-state index >= 15 is 0 Å². The number of hydrogen-bond acceptors (Lipinski definition) is 3. The molecule has 3 N–H and O–H groups in total. The van der Waals surface area contributed by atoms with Gasteiger partial charge in [-0.05, 0) is 38.5 Å². The van der Waals surface area contributed by atoms with Crippen molar-refractivity contribution in [3.63, 3.8) is 0 Å². The number of rotatable bonds is 17. The third-order valence-electron chi connectivity index (χ3n) is 4.20. The minimum absolute atomic E-state index is 0.0949. The Balaban J connectivity index is 3.63. The van der Waals surface area contributed by atoms with Gasteiger partial charge < -0.3 is 15.5 Å². The lowest BCUT2D eigenvalue weighted by Crippen LogP contribution is -2.41. The van der Waals surface area contributed by atoms with Crippen molar-refractivity contribution in [3.8, 4) is 0 Å². The predicted molar refractivity (Wildman–Crippen MR) is 102 cm³/mol. The fourth-order valence-electron chi connectivity index (χ4n) is 2.62. The topological polar surface area (TPSA) is 104 Å². The zero-order valence-electron chi connectivity index (χ0n) is 16.0. The van der Waals surface area contributed by atoms with Crippen molar-refractivity contribution < 1.29 is 24.6 Å². The van der Waals surface area contributed by atoms with E-state index in [4.69, 9.17) is 10.2 Å². The molecule has 0 saturated heterocycles. The molecular weight excluding hydrogens is 334 g/mol. The van der Waals surface area contributed by atoms with Crippen LogP contribution in [0.2, 0.25) is 0 Å². The Kier molecular flexibility index (Phi) is 15.4. The van der Waals surface area contributed by atoms with Gasteiger partial charge in [0, 0.05) is 12.8 Å². The second-order valence-corrected chi connectivity index (χ2v) is 6.66. The first-order valence-electron chi connectivity index (χ1n) is 9.86. The van der Waals surface area contributed by atoms with E-state index in [9.17, 15) is 14.4 Å². The first kappa shape index (κ1) is 24.1. The molecule has 0 aliphatic heterocycles. The Hall–Kier alpha value is -1.85. The van der Waals surface area contributed by atoms with Gasteiger partial charge in [-0.1, -0.05) is 51.2 Å². The Bertz CT molecular complexity index is 434. The van der Waals surface area contributed by atoms with Crippen LogP contribution in [0.4, 0.5) is 0 Å². The van der Waals surface area contributed by atoms with Crippen molar-refractivity contribution >= 4 is 17.8 Å². The molecule has 6 nitrogen and oxygen atoms in total. The number of carboxylic acid groups (broad SMARTS) is 2. The molecule has 0 aliphatic rings. The number of carbonyl (C=O) groups excluding carboxylic acids is 1. The zero-order valence-corrected chi connectivity index (χ0v) is 16.0. The number of amides is 1. The van der Waals surface area contributed by atoms with Crippen LogP contribution in [0.25, 0.3) is 0 Å². The van der Waals surface area contributed by atoms with Crippen LogP contribution in [-0.2, 0) is 14.4 Å². The smallest absolute Gasteiger partial charge is 0.326 e. The first-order chi connectivity index (χ1) is 12.5. The predicted octanol–water partition coefficient (Wildman–Crippen LogP) is 4.29. The zero-order chi connectivity index (χ0) is 19.6. The van der Waals surface area contributed by atoms with Crippen molar-refractivity contribution in [1.82, 2.24) is 5.32 Å². The van der Waals surface area contributed by atoms with Gasteiger partial charge in [0.05, 0.1) is 0 Å². The SMILES string of the molecule is CCCCC/C=C\CCCCCCCC(=O)N[C@@H](CCC(=O)O)C(=O)O. The Morgan fingerprint density at radius 1 is 0.846 bits per heavy atom. The number of hydrogen-bond donors (Lipinski definition) is 3. The maximum Gasteiger partial charge on any atom is 0.326 e. The number of carboxylic acids is 2. The molecule has 0 radical (unpaired) electrons. The summed E-state index contributed by atoms with van der Waals surface area (Å²) in [6.45, 7) is 2.21. The highest BCUT2D eigenvalue weighted by molar-refractivity contribution is 5.83. The summed E-state index contributed by atoms with van der Waals surface area (Å²) in [5.74, 6) is -2.58. The third kappa shape index (κ3) is 15.7. The molecule has 1 amide bonds. The summed E-state index contributed by atoms with van der Waals surface area (Å²) in [6.07, 6.45) is 15.6. The van der Waals surface area contributed by atoms with E-state index in [1.807, 2.05) is 0 Å². The number of allylic oxidation sites excluding steroid dienone is 2. The van der Waals surface area contributed by atoms with Crippen molar-refractivity contribution in [2.24, 2.45) is 0 Å². The van der Waals surface area contributed by atoms with E-state index in [-0.39, 0.29) is 25.2 Å². The van der Waals surface area contributed by atoms with Crippen LogP contribution in [-0.4, -0.2) is 34.1 Å². The Morgan fingerprint density at radius 3 is 2.00 bits per heavy atom. The Labute approximate surface area is 157 Å². The van der Waals surface area contributed by atoms with Crippen LogP contribution in [0.5, 0.6) is 0 Å². The number of nitrogens with one attached hydrogen (secondary N) is 1. The van der Waals surface area contributed by atoms with E-state index in [2.05, 4.69) is 24.4 Å². The van der Waals surface area contributed by atoms with E-state index < -0.39 is 18.0 Å². The van der Waals surface area contributed by atoms with Gasteiger partial charge in [-0.25, -0.2) is 4.79 Å². The normalized spacial score (nSPS) is 12.2. The molecule has 0 aromatic rings. The molecule has 0 aromatic carbocycles. The van der Waals surface area contributed by atoms with E-state index in [1.165, 1.54) is 25.7 Å². The standard InChI is InChI=1S/C20H35NO5/c1-2-3-4-5-6-7-8-9-10-11-12-13-14-18(22)21-17(20(25)26)15-16-19(23)24/h6-7,17H,2-5,8-16H2,1H3,(H,21,22)(H,23,24)(H,25,26)/b7-6-/t17-/m0/s1. The van der Waals surface area contributed by atoms with Crippen molar-refractivity contribution in [1.29, 1.82) is 0 Å². The maximum atomic E-state index is 11.8. The van der Waals surface area contributed by atoms with Gasteiger partial charge in [-0.15, -0.1) is 0 Å². The minimum Gasteiger partial charge on any atom is -0.481 e. The van der Waals surface area contributed by atoms with E-state index in [0.717, 1.165) is 38.5 Å². The van der Waals surface area contributed by atoms with Gasteiger partial charge in [-0.3, -0.25) is 9.59 Å². The average Bonchev–Trinajstić information content (AvgIpc) is 2.59. The highest BCUT2D eigenvalue weighted by Crippen LogP contribution is 2.09. The molecule has 0 spiro atoms. The average molecular weight is 370 g/mol. The number of aliphatic carboxylic acids is 2. The monoisotopic (exact) mass is 369 g/mol. The second kappa shape index (κ2) is 16.6. The molecule has 0 bridgehead atoms. The third-order valence-corrected chi connectivity index (χ3v) is 4.20. The highest BCUT2D eigenvalue weighted by atomic mass is 16.4. The summed E-state index contributed by atoms with van der Waals surface area (Å²) in [5.41, 5.74) is 0. The second-order valence-electron chi connectivity index (χ2n) is 6.66. The fraction of sp³-hybridized carbons (Fsp3) is 0.750. The van der Waals surface area contributed by atoms with Gasteiger partial charge in [0.25, 0.3) is 0 Å². The lowest BCUT2D eigenvalue weighted by atomic mass is 10.1. The van der Waals surface area contributed by atoms with Crippen LogP contribution in [0.1, 0.15) is 90.4 Å². The summed E-state index contributed by atoms with van der Waals surface area (Å²) < 4.78 is 0. The minimum atomic E-state index is -1.19. The van der Waals surface area contributed by atoms with Gasteiger partial charge in [0.15, 0.2) is 0 Å². The van der Waals surface area contributed by atoms with E-state index in [0.29, 0.717) is 0 Å². The van der Waals surface area contributed by atoms with Crippen molar-refractivity contribution in [2.75, 3.05) is 0 Å². The molecular formula is C20H35NO5. The van der Waals surface area contributed by atoms with Gasteiger partial charge in [0.1, 0.15) is 6.04 Å². The molecule has 150 valence electrons. The lowest BCUT2D eigenvalue weighted by molar-refractivity contribution is -0.143. The van der Waals surface area contributed by atoms with Gasteiger partial charge in [0.2, 0.25) is 5.91 Å². The largest absolute Gasteiger partial charge is 0.481 e. The summed E-state index contributed by atoms with van der Waals surface area (Å²) in [5, 5.41) is 20.0. The van der Waals surface area contributed by atoms with Crippen LogP contribution < -0.4 is 5.32 Å². The summed E-state index contributed by atoms with van der Waals surface area (Å²) in [6, 6.07) is -1.12. The van der Waals surface area contributed by atoms with Gasteiger partial charge >= 0.3 is 11.9 Å². The molecule has 26 heavy (non-hydrogen) atoms. The molecule has 0 unspecified atom stereocenters.